The molecule has 2 amide bonds. The number of carbonyl (C=O) groups is 1. The van der Waals surface area contributed by atoms with Crippen LogP contribution in [0.15, 0.2) is 60.7 Å². The van der Waals surface area contributed by atoms with Crippen LogP contribution in [-0.2, 0) is 11.1 Å². The third-order valence-electron chi connectivity index (χ3n) is 10.4. The Morgan fingerprint density at radius 2 is 0.944 bits per heavy atom. The lowest BCUT2D eigenvalue weighted by Crippen LogP contribution is -2.64. The maximum absolute atomic E-state index is 15.1. The molecule has 0 aromatic heterocycles. The fourth-order valence-corrected chi connectivity index (χ4v) is 8.86. The average Bonchev–Trinajstić information content (AvgIpc) is 3.69. The van der Waals surface area contributed by atoms with Crippen molar-refractivity contribution in [3.63, 3.8) is 0 Å². The summed E-state index contributed by atoms with van der Waals surface area (Å²) in [6.07, 6.45) is 17.2. The molecule has 2 aliphatic carbocycles. The van der Waals surface area contributed by atoms with Crippen molar-refractivity contribution in [1.82, 2.24) is 9.80 Å². The van der Waals surface area contributed by atoms with E-state index < -0.39 is 0 Å². The molecule has 2 aromatic rings. The van der Waals surface area contributed by atoms with Crippen LogP contribution in [0, 0.1) is 11.8 Å². The Morgan fingerprint density at radius 1 is 0.556 bits per heavy atom. The van der Waals surface area contributed by atoms with E-state index in [9.17, 15) is 0 Å². The van der Waals surface area contributed by atoms with Crippen LogP contribution in [-0.4, -0.2) is 28.9 Å². The van der Waals surface area contributed by atoms with Gasteiger partial charge in [0.1, 0.15) is 0 Å². The van der Waals surface area contributed by atoms with Gasteiger partial charge in [0.15, 0.2) is 0 Å². The number of benzene rings is 2. The van der Waals surface area contributed by atoms with E-state index in [0.29, 0.717) is 17.9 Å². The second kappa shape index (κ2) is 10.2. The second-order valence-corrected chi connectivity index (χ2v) is 12.0. The zero-order valence-corrected chi connectivity index (χ0v) is 22.0. The van der Waals surface area contributed by atoms with Gasteiger partial charge in [-0.1, -0.05) is 86.3 Å². The number of amides is 2. The van der Waals surface area contributed by atoms with Gasteiger partial charge in [-0.05, 0) is 87.2 Å². The Kier molecular flexibility index (Phi) is 6.84. The van der Waals surface area contributed by atoms with Crippen LogP contribution in [0.1, 0.15) is 101 Å². The summed E-state index contributed by atoms with van der Waals surface area (Å²) in [5, 5.41) is 0. The first-order chi connectivity index (χ1) is 17.8. The van der Waals surface area contributed by atoms with E-state index in [1.54, 1.807) is 0 Å². The molecule has 36 heavy (non-hydrogen) atoms. The van der Waals surface area contributed by atoms with Crippen LogP contribution < -0.4 is 0 Å². The first-order valence-electron chi connectivity index (χ1n) is 15.0. The Hall–Kier alpha value is -2.29. The molecule has 3 nitrogen and oxygen atoms in total. The standard InChI is InChI=1S/C33H44N2O/c36-31(34-25-13-11-23-32(34,29-19-7-8-20-29)27-15-3-1-4-16-27)35-26-14-12-24-33(35,30-21-9-10-22-30)28-17-5-2-6-18-28/h1-6,15-18,29-30H,7-14,19-26H2. The van der Waals surface area contributed by atoms with Crippen molar-refractivity contribution < 1.29 is 4.79 Å². The summed E-state index contributed by atoms with van der Waals surface area (Å²) in [5.41, 5.74) is 2.46. The highest BCUT2D eigenvalue weighted by molar-refractivity contribution is 5.77. The van der Waals surface area contributed by atoms with Gasteiger partial charge < -0.3 is 9.80 Å². The van der Waals surface area contributed by atoms with Gasteiger partial charge in [-0.3, -0.25) is 0 Å². The topological polar surface area (TPSA) is 23.6 Å². The Morgan fingerprint density at radius 3 is 1.33 bits per heavy atom. The number of rotatable bonds is 4. The number of hydrogen-bond acceptors (Lipinski definition) is 1. The van der Waals surface area contributed by atoms with E-state index in [4.69, 9.17) is 0 Å². The van der Waals surface area contributed by atoms with Crippen LogP contribution in [0.25, 0.3) is 0 Å². The van der Waals surface area contributed by atoms with Crippen molar-refractivity contribution in [1.29, 1.82) is 0 Å². The highest BCUT2D eigenvalue weighted by Gasteiger charge is 2.55. The van der Waals surface area contributed by atoms with E-state index >= 15 is 4.79 Å². The van der Waals surface area contributed by atoms with Gasteiger partial charge in [-0.25, -0.2) is 4.79 Å². The lowest BCUT2D eigenvalue weighted by atomic mass is 9.69. The molecule has 2 aliphatic heterocycles. The quantitative estimate of drug-likeness (QED) is 0.428. The summed E-state index contributed by atoms with van der Waals surface area (Å²) >= 11 is 0. The Balaban J connectivity index is 1.46. The summed E-state index contributed by atoms with van der Waals surface area (Å²) in [4.78, 5) is 19.9. The van der Waals surface area contributed by atoms with E-state index in [1.165, 1.54) is 75.3 Å². The summed E-state index contributed by atoms with van der Waals surface area (Å²) < 4.78 is 0. The molecule has 0 N–H and O–H groups in total. The maximum atomic E-state index is 15.1. The molecular formula is C33H44N2O. The van der Waals surface area contributed by atoms with Gasteiger partial charge in [0.2, 0.25) is 0 Å². The smallest absolute Gasteiger partial charge is 0.315 e. The van der Waals surface area contributed by atoms with Crippen molar-refractivity contribution in [2.24, 2.45) is 11.8 Å². The molecule has 2 atom stereocenters. The van der Waals surface area contributed by atoms with E-state index in [2.05, 4.69) is 70.5 Å². The largest absolute Gasteiger partial charge is 0.321 e. The predicted molar refractivity (Wildman–Crippen MR) is 147 cm³/mol. The molecule has 4 aliphatic rings. The van der Waals surface area contributed by atoms with Gasteiger partial charge in [0, 0.05) is 13.1 Å². The fraction of sp³-hybridized carbons (Fsp3) is 0.606. The Bertz CT molecular complexity index is 929. The van der Waals surface area contributed by atoms with Crippen molar-refractivity contribution in [2.75, 3.05) is 13.1 Å². The molecule has 0 bridgehead atoms. The van der Waals surface area contributed by atoms with Crippen molar-refractivity contribution in [3.05, 3.63) is 71.8 Å². The van der Waals surface area contributed by atoms with Gasteiger partial charge in [-0.2, -0.15) is 0 Å². The number of hydrogen-bond donors (Lipinski definition) is 0. The summed E-state index contributed by atoms with van der Waals surface area (Å²) in [6, 6.07) is 22.6. The molecule has 2 saturated heterocycles. The third-order valence-corrected chi connectivity index (χ3v) is 10.4. The minimum atomic E-state index is -0.150. The van der Waals surface area contributed by atoms with Crippen molar-refractivity contribution >= 4 is 6.03 Å². The number of likely N-dealkylation sites (tertiary alicyclic amines) is 2. The van der Waals surface area contributed by atoms with Crippen molar-refractivity contribution in [3.8, 4) is 0 Å². The van der Waals surface area contributed by atoms with Crippen LogP contribution >= 0.6 is 0 Å². The van der Waals surface area contributed by atoms with Gasteiger partial charge in [-0.15, -0.1) is 0 Å². The van der Waals surface area contributed by atoms with Crippen LogP contribution in [0.5, 0.6) is 0 Å². The lowest BCUT2D eigenvalue weighted by Gasteiger charge is -2.57. The van der Waals surface area contributed by atoms with Crippen LogP contribution in [0.3, 0.4) is 0 Å². The predicted octanol–water partition coefficient (Wildman–Crippen LogP) is 8.25. The zero-order chi connectivity index (χ0) is 24.4. The zero-order valence-electron chi connectivity index (χ0n) is 22.0. The number of carbonyl (C=O) groups excluding carboxylic acids is 1. The molecule has 2 aromatic carbocycles. The molecule has 2 saturated carbocycles. The highest BCUT2D eigenvalue weighted by atomic mass is 16.2. The van der Waals surface area contributed by atoms with Crippen LogP contribution in [0.4, 0.5) is 4.79 Å². The van der Waals surface area contributed by atoms with Crippen molar-refractivity contribution in [2.45, 2.75) is 101 Å². The summed E-state index contributed by atoms with van der Waals surface area (Å²) in [6.45, 7) is 1.80. The van der Waals surface area contributed by atoms with Crippen LogP contribution in [0.2, 0.25) is 0 Å². The molecule has 4 fully saturated rings. The first-order valence-corrected chi connectivity index (χ1v) is 15.0. The molecular weight excluding hydrogens is 440 g/mol. The summed E-state index contributed by atoms with van der Waals surface area (Å²) in [5.74, 6) is 1.15. The summed E-state index contributed by atoms with van der Waals surface area (Å²) in [7, 11) is 0. The number of urea groups is 1. The van der Waals surface area contributed by atoms with Gasteiger partial charge >= 0.3 is 6.03 Å². The normalized spacial score (nSPS) is 30.1. The average molecular weight is 485 g/mol. The fourth-order valence-electron chi connectivity index (χ4n) is 8.86. The molecule has 2 heterocycles. The molecule has 6 rings (SSSR count). The first kappa shape index (κ1) is 24.1. The third kappa shape index (κ3) is 3.89. The molecule has 2 unspecified atom stereocenters. The molecule has 192 valence electrons. The van der Waals surface area contributed by atoms with Gasteiger partial charge in [0.25, 0.3) is 0 Å². The minimum absolute atomic E-state index is 0.150. The van der Waals surface area contributed by atoms with E-state index in [-0.39, 0.29) is 11.1 Å². The number of piperidine rings is 2. The SMILES string of the molecule is O=C(N1CCCCC1(c1ccccc1)C1CCCC1)N1CCCCC1(c1ccccc1)C1CCCC1. The maximum Gasteiger partial charge on any atom is 0.321 e. The van der Waals surface area contributed by atoms with E-state index in [0.717, 1.165) is 38.8 Å². The Labute approximate surface area is 218 Å². The van der Waals surface area contributed by atoms with Gasteiger partial charge in [0.05, 0.1) is 11.1 Å². The molecule has 0 spiro atoms. The lowest BCUT2D eigenvalue weighted by molar-refractivity contribution is -0.0327. The molecule has 0 radical (unpaired) electrons. The molecule has 3 heteroatoms. The van der Waals surface area contributed by atoms with E-state index in [1.807, 2.05) is 0 Å². The number of nitrogens with zero attached hydrogens (tertiary/aromatic N) is 2. The highest BCUT2D eigenvalue weighted by Crippen LogP contribution is 2.54. The minimum Gasteiger partial charge on any atom is -0.315 e. The second-order valence-electron chi connectivity index (χ2n) is 12.0. The monoisotopic (exact) mass is 484 g/mol.